The molecule has 1 aromatic heterocycles. The van der Waals surface area contributed by atoms with E-state index >= 15 is 0 Å². The van der Waals surface area contributed by atoms with Gasteiger partial charge in [0, 0.05) is 18.7 Å². The number of nitrogens with one attached hydrogen (secondary N) is 1. The third-order valence-electron chi connectivity index (χ3n) is 3.74. The van der Waals surface area contributed by atoms with Gasteiger partial charge < -0.3 is 10.1 Å². The maximum atomic E-state index is 12.1. The lowest BCUT2D eigenvalue weighted by Gasteiger charge is -2.34. The summed E-state index contributed by atoms with van der Waals surface area (Å²) in [4.78, 5) is 26.9. The van der Waals surface area contributed by atoms with E-state index in [9.17, 15) is 14.9 Å². The number of rotatable bonds is 6. The summed E-state index contributed by atoms with van der Waals surface area (Å²) in [6, 6.07) is 1.50. The van der Waals surface area contributed by atoms with Crippen molar-refractivity contribution >= 4 is 11.5 Å². The first kappa shape index (κ1) is 14.7. The first-order valence-corrected chi connectivity index (χ1v) is 6.82. The molecule has 0 saturated carbocycles. The predicted molar refractivity (Wildman–Crippen MR) is 72.7 cm³/mol. The van der Waals surface area contributed by atoms with Crippen molar-refractivity contribution in [2.75, 3.05) is 19.7 Å². The molecule has 7 nitrogen and oxygen atoms in total. The van der Waals surface area contributed by atoms with E-state index in [4.69, 9.17) is 5.11 Å². The van der Waals surface area contributed by atoms with Crippen LogP contribution in [0.3, 0.4) is 0 Å². The van der Waals surface area contributed by atoms with Crippen molar-refractivity contribution in [1.82, 2.24) is 9.88 Å². The van der Waals surface area contributed by atoms with Gasteiger partial charge in [-0.15, -0.1) is 0 Å². The van der Waals surface area contributed by atoms with Crippen LogP contribution >= 0.6 is 0 Å². The Labute approximate surface area is 116 Å². The second-order valence-electron chi connectivity index (χ2n) is 5.08. The van der Waals surface area contributed by atoms with E-state index in [1.807, 2.05) is 0 Å². The summed E-state index contributed by atoms with van der Waals surface area (Å²) in [5.74, 6) is -0.150. The number of Topliss-reactive ketones (excluding diaryl/α,β-unsaturated/α-hetero) is 1. The van der Waals surface area contributed by atoms with Crippen LogP contribution in [0.2, 0.25) is 0 Å². The van der Waals surface area contributed by atoms with Crippen molar-refractivity contribution < 1.29 is 14.8 Å². The van der Waals surface area contributed by atoms with Crippen LogP contribution in [0.5, 0.6) is 0 Å². The molecule has 2 N–H and O–H groups in total. The first-order chi connectivity index (χ1) is 9.61. The topological polar surface area (TPSA) is 99.5 Å². The van der Waals surface area contributed by atoms with Crippen molar-refractivity contribution in [2.45, 2.75) is 31.7 Å². The molecule has 0 amide bonds. The largest absolute Gasteiger partial charge is 0.396 e. The SMILES string of the molecule is O=C(CN1CCCCC1CCO)c1cc([N+](=O)[O-])c[nH]1. The second-order valence-corrected chi connectivity index (χ2v) is 5.08. The summed E-state index contributed by atoms with van der Waals surface area (Å²) < 4.78 is 0. The van der Waals surface area contributed by atoms with Crippen molar-refractivity contribution in [3.8, 4) is 0 Å². The Balaban J connectivity index is 1.99. The van der Waals surface area contributed by atoms with Crippen LogP contribution in [-0.2, 0) is 0 Å². The molecule has 2 heterocycles. The Hall–Kier alpha value is -1.73. The highest BCUT2D eigenvalue weighted by Crippen LogP contribution is 2.20. The van der Waals surface area contributed by atoms with Crippen LogP contribution in [-0.4, -0.2) is 51.4 Å². The van der Waals surface area contributed by atoms with E-state index in [1.54, 1.807) is 0 Å². The van der Waals surface area contributed by atoms with E-state index in [2.05, 4.69) is 9.88 Å². The van der Waals surface area contributed by atoms with E-state index in [0.717, 1.165) is 25.8 Å². The maximum Gasteiger partial charge on any atom is 0.287 e. The summed E-state index contributed by atoms with van der Waals surface area (Å²) in [6.07, 6.45) is 5.04. The van der Waals surface area contributed by atoms with E-state index < -0.39 is 4.92 Å². The zero-order chi connectivity index (χ0) is 14.5. The number of nitrogens with zero attached hydrogens (tertiary/aromatic N) is 2. The number of aromatic amines is 1. The van der Waals surface area contributed by atoms with Gasteiger partial charge >= 0.3 is 0 Å². The molecule has 0 bridgehead atoms. The summed E-state index contributed by atoms with van der Waals surface area (Å²) >= 11 is 0. The van der Waals surface area contributed by atoms with Gasteiger partial charge in [0.1, 0.15) is 0 Å². The standard InChI is InChI=1S/C13H19N3O4/c17-6-4-10-3-1-2-5-15(10)9-13(18)12-7-11(8-14-12)16(19)20/h7-8,10,14,17H,1-6,9H2. The van der Waals surface area contributed by atoms with Crippen molar-refractivity contribution in [1.29, 1.82) is 0 Å². The number of nitro groups is 1. The van der Waals surface area contributed by atoms with Crippen molar-refractivity contribution in [3.05, 3.63) is 28.1 Å². The molecule has 1 unspecified atom stereocenters. The van der Waals surface area contributed by atoms with Gasteiger partial charge in [-0.1, -0.05) is 6.42 Å². The van der Waals surface area contributed by atoms with Crippen LogP contribution < -0.4 is 0 Å². The lowest BCUT2D eigenvalue weighted by Crippen LogP contribution is -2.43. The molecule has 1 aliphatic heterocycles. The lowest BCUT2D eigenvalue weighted by atomic mass is 9.99. The van der Waals surface area contributed by atoms with Gasteiger partial charge in [-0.25, -0.2) is 0 Å². The molecule has 7 heteroatoms. The Bertz CT molecular complexity index is 484. The highest BCUT2D eigenvalue weighted by molar-refractivity contribution is 5.96. The number of aromatic nitrogens is 1. The van der Waals surface area contributed by atoms with Gasteiger partial charge in [-0.2, -0.15) is 0 Å². The fraction of sp³-hybridized carbons (Fsp3) is 0.615. The molecule has 0 spiro atoms. The number of piperidine rings is 1. The number of hydrogen-bond donors (Lipinski definition) is 2. The number of carbonyl (C=O) groups excluding carboxylic acids is 1. The Morgan fingerprint density at radius 1 is 1.55 bits per heavy atom. The van der Waals surface area contributed by atoms with Crippen LogP contribution in [0.4, 0.5) is 5.69 Å². The Morgan fingerprint density at radius 3 is 3.00 bits per heavy atom. The maximum absolute atomic E-state index is 12.1. The van der Waals surface area contributed by atoms with Crippen molar-refractivity contribution in [2.24, 2.45) is 0 Å². The average molecular weight is 281 g/mol. The Kier molecular flexibility index (Phi) is 4.86. The third kappa shape index (κ3) is 3.43. The molecule has 20 heavy (non-hydrogen) atoms. The predicted octanol–water partition coefficient (Wildman–Crippen LogP) is 1.34. The number of aliphatic hydroxyl groups is 1. The fourth-order valence-corrected chi connectivity index (χ4v) is 2.66. The van der Waals surface area contributed by atoms with Crippen molar-refractivity contribution in [3.63, 3.8) is 0 Å². The van der Waals surface area contributed by atoms with Gasteiger partial charge in [0.15, 0.2) is 5.78 Å². The van der Waals surface area contributed by atoms with Gasteiger partial charge in [0.2, 0.25) is 0 Å². The molecule has 1 aromatic rings. The smallest absolute Gasteiger partial charge is 0.287 e. The molecule has 0 radical (unpaired) electrons. The summed E-state index contributed by atoms with van der Waals surface area (Å²) in [7, 11) is 0. The highest BCUT2D eigenvalue weighted by atomic mass is 16.6. The molecular weight excluding hydrogens is 262 g/mol. The van der Waals surface area contributed by atoms with Crippen LogP contribution in [0.25, 0.3) is 0 Å². The van der Waals surface area contributed by atoms with E-state index in [-0.39, 0.29) is 36.4 Å². The zero-order valence-corrected chi connectivity index (χ0v) is 11.2. The molecular formula is C13H19N3O4. The Morgan fingerprint density at radius 2 is 2.35 bits per heavy atom. The van der Waals surface area contributed by atoms with E-state index in [1.165, 1.54) is 12.3 Å². The minimum absolute atomic E-state index is 0.0982. The monoisotopic (exact) mass is 281 g/mol. The third-order valence-corrected chi connectivity index (χ3v) is 3.74. The zero-order valence-electron chi connectivity index (χ0n) is 11.2. The van der Waals surface area contributed by atoms with Gasteiger partial charge in [-0.3, -0.25) is 19.8 Å². The lowest BCUT2D eigenvalue weighted by molar-refractivity contribution is -0.384. The highest BCUT2D eigenvalue weighted by Gasteiger charge is 2.25. The van der Waals surface area contributed by atoms with Crippen LogP contribution in [0.1, 0.15) is 36.2 Å². The van der Waals surface area contributed by atoms with Gasteiger partial charge in [0.25, 0.3) is 5.69 Å². The number of H-pyrrole nitrogens is 1. The minimum atomic E-state index is -0.525. The molecule has 110 valence electrons. The molecule has 0 aromatic carbocycles. The number of ketones is 1. The average Bonchev–Trinajstić information content (AvgIpc) is 2.91. The number of aliphatic hydroxyl groups excluding tert-OH is 1. The molecule has 1 atom stereocenters. The second kappa shape index (κ2) is 6.62. The summed E-state index contributed by atoms with van der Waals surface area (Å²) in [6.45, 7) is 1.19. The number of likely N-dealkylation sites (tertiary alicyclic amines) is 1. The number of hydrogen-bond acceptors (Lipinski definition) is 5. The fourth-order valence-electron chi connectivity index (χ4n) is 2.66. The first-order valence-electron chi connectivity index (χ1n) is 6.82. The molecule has 0 aliphatic carbocycles. The molecule has 1 fully saturated rings. The van der Waals surface area contributed by atoms with Gasteiger partial charge in [0.05, 0.1) is 23.4 Å². The number of carbonyl (C=O) groups is 1. The minimum Gasteiger partial charge on any atom is -0.396 e. The summed E-state index contributed by atoms with van der Waals surface area (Å²) in [5, 5.41) is 19.7. The molecule has 2 rings (SSSR count). The summed E-state index contributed by atoms with van der Waals surface area (Å²) in [5.41, 5.74) is 0.170. The normalized spacial score (nSPS) is 19.9. The van der Waals surface area contributed by atoms with Crippen LogP contribution in [0.15, 0.2) is 12.3 Å². The van der Waals surface area contributed by atoms with Gasteiger partial charge in [-0.05, 0) is 25.8 Å². The quantitative estimate of drug-likeness (QED) is 0.465. The molecule has 1 saturated heterocycles. The molecule has 1 aliphatic rings. The van der Waals surface area contributed by atoms with E-state index in [0.29, 0.717) is 6.42 Å². The van der Waals surface area contributed by atoms with Crippen LogP contribution in [0, 0.1) is 10.1 Å².